The van der Waals surface area contributed by atoms with Crippen molar-refractivity contribution in [3.8, 4) is 11.5 Å². The highest BCUT2D eigenvalue weighted by atomic mass is 16.7. The smallest absolute Gasteiger partial charge is 0.231 e. The Hall–Kier alpha value is -2.64. The number of carbonyl (C=O) groups is 2. The number of aromatic amines is 1. The standard InChI is InChI=1S/C23H29N3O4/c1-14-21(17(4)27)15(2)24-22(14)23(28)16(3)26-9-7-25(8-10-26)12-18-5-6-19-20(11-18)30-13-29-19/h5-6,11,16,24H,7-10,12-13H2,1-4H3/t16-/m1/s1. The fourth-order valence-electron chi connectivity index (χ4n) is 4.51. The van der Waals surface area contributed by atoms with Gasteiger partial charge in [-0.05, 0) is 51.0 Å². The molecular weight excluding hydrogens is 382 g/mol. The molecule has 160 valence electrons. The number of aryl methyl sites for hydroxylation is 1. The van der Waals surface area contributed by atoms with E-state index in [0.717, 1.165) is 55.5 Å². The van der Waals surface area contributed by atoms with Crippen LogP contribution in [-0.2, 0) is 6.54 Å². The normalized spacial score (nSPS) is 17.9. The first-order valence-corrected chi connectivity index (χ1v) is 10.4. The number of fused-ring (bicyclic) bond motifs is 1. The monoisotopic (exact) mass is 411 g/mol. The minimum absolute atomic E-state index is 0.00918. The lowest BCUT2D eigenvalue weighted by molar-refractivity contribution is 0.0682. The van der Waals surface area contributed by atoms with Crippen LogP contribution in [0, 0.1) is 13.8 Å². The molecule has 2 aromatic rings. The molecule has 0 unspecified atom stereocenters. The maximum Gasteiger partial charge on any atom is 0.231 e. The van der Waals surface area contributed by atoms with Crippen molar-refractivity contribution in [1.29, 1.82) is 0 Å². The van der Waals surface area contributed by atoms with Crippen LogP contribution in [0.1, 0.15) is 51.5 Å². The number of nitrogens with one attached hydrogen (secondary N) is 1. The second kappa shape index (κ2) is 8.24. The summed E-state index contributed by atoms with van der Waals surface area (Å²) in [6.07, 6.45) is 0. The van der Waals surface area contributed by atoms with Crippen LogP contribution in [0.3, 0.4) is 0 Å². The van der Waals surface area contributed by atoms with E-state index in [4.69, 9.17) is 9.47 Å². The Kier molecular flexibility index (Phi) is 5.66. The van der Waals surface area contributed by atoms with Gasteiger partial charge in [-0.15, -0.1) is 0 Å². The zero-order chi connectivity index (χ0) is 21.4. The first kappa shape index (κ1) is 20.6. The predicted molar refractivity (Wildman–Crippen MR) is 113 cm³/mol. The van der Waals surface area contributed by atoms with Crippen LogP contribution in [-0.4, -0.2) is 65.4 Å². The number of ketones is 2. The lowest BCUT2D eigenvalue weighted by Crippen LogP contribution is -2.51. The molecule has 1 saturated heterocycles. The van der Waals surface area contributed by atoms with Gasteiger partial charge in [-0.1, -0.05) is 6.07 Å². The summed E-state index contributed by atoms with van der Waals surface area (Å²) in [7, 11) is 0. The summed E-state index contributed by atoms with van der Waals surface area (Å²) in [5.41, 5.74) is 3.93. The quantitative estimate of drug-likeness (QED) is 0.737. The maximum atomic E-state index is 13.1. The Bertz CT molecular complexity index is 973. The van der Waals surface area contributed by atoms with Gasteiger partial charge in [0.15, 0.2) is 23.1 Å². The van der Waals surface area contributed by atoms with Gasteiger partial charge in [0.05, 0.1) is 11.7 Å². The van der Waals surface area contributed by atoms with Gasteiger partial charge in [0, 0.05) is 44.0 Å². The Morgan fingerprint density at radius 2 is 1.80 bits per heavy atom. The van der Waals surface area contributed by atoms with E-state index in [1.54, 1.807) is 6.92 Å². The Labute approximate surface area is 177 Å². The van der Waals surface area contributed by atoms with Crippen LogP contribution in [0.5, 0.6) is 11.5 Å². The number of carbonyl (C=O) groups excluding carboxylic acids is 2. The number of rotatable bonds is 6. The number of Topliss-reactive ketones (excluding diaryl/α,β-unsaturated/α-hetero) is 2. The third-order valence-corrected chi connectivity index (χ3v) is 6.21. The largest absolute Gasteiger partial charge is 0.454 e. The summed E-state index contributed by atoms with van der Waals surface area (Å²) >= 11 is 0. The maximum absolute atomic E-state index is 13.1. The van der Waals surface area contributed by atoms with E-state index in [2.05, 4.69) is 20.9 Å². The third kappa shape index (κ3) is 3.87. The zero-order valence-corrected chi connectivity index (χ0v) is 18.1. The first-order valence-electron chi connectivity index (χ1n) is 10.4. The van der Waals surface area contributed by atoms with Gasteiger partial charge in [-0.2, -0.15) is 0 Å². The number of aromatic nitrogens is 1. The molecule has 0 spiro atoms. The van der Waals surface area contributed by atoms with E-state index in [-0.39, 0.29) is 24.4 Å². The van der Waals surface area contributed by atoms with E-state index < -0.39 is 0 Å². The van der Waals surface area contributed by atoms with Crippen molar-refractivity contribution in [3.63, 3.8) is 0 Å². The molecule has 1 aromatic heterocycles. The molecule has 0 bridgehead atoms. The van der Waals surface area contributed by atoms with Gasteiger partial charge < -0.3 is 14.5 Å². The molecule has 4 rings (SSSR count). The molecule has 1 fully saturated rings. The van der Waals surface area contributed by atoms with Gasteiger partial charge in [-0.3, -0.25) is 19.4 Å². The lowest BCUT2D eigenvalue weighted by Gasteiger charge is -2.37. The number of hydrogen-bond donors (Lipinski definition) is 1. The van der Waals surface area contributed by atoms with Crippen molar-refractivity contribution < 1.29 is 19.1 Å². The lowest BCUT2D eigenvalue weighted by atomic mass is 10.0. The van der Waals surface area contributed by atoms with E-state index in [1.807, 2.05) is 32.9 Å². The highest BCUT2D eigenvalue weighted by Crippen LogP contribution is 2.33. The van der Waals surface area contributed by atoms with Crippen molar-refractivity contribution in [3.05, 3.63) is 46.3 Å². The molecule has 2 aliphatic heterocycles. The molecule has 1 atom stereocenters. The molecule has 1 aromatic carbocycles. The number of benzene rings is 1. The molecule has 30 heavy (non-hydrogen) atoms. The van der Waals surface area contributed by atoms with E-state index in [1.165, 1.54) is 5.56 Å². The van der Waals surface area contributed by atoms with Crippen LogP contribution in [0.15, 0.2) is 18.2 Å². The fraction of sp³-hybridized carbons (Fsp3) is 0.478. The Balaban J connectivity index is 1.36. The Morgan fingerprint density at radius 1 is 1.10 bits per heavy atom. The van der Waals surface area contributed by atoms with E-state index >= 15 is 0 Å². The van der Waals surface area contributed by atoms with Crippen LogP contribution < -0.4 is 9.47 Å². The molecular formula is C23H29N3O4. The topological polar surface area (TPSA) is 74.9 Å². The number of piperazine rings is 1. The molecule has 0 radical (unpaired) electrons. The molecule has 2 aliphatic rings. The van der Waals surface area contributed by atoms with Crippen LogP contribution in [0.4, 0.5) is 0 Å². The van der Waals surface area contributed by atoms with Crippen molar-refractivity contribution in [1.82, 2.24) is 14.8 Å². The minimum atomic E-state index is -0.228. The number of hydrogen-bond acceptors (Lipinski definition) is 6. The average Bonchev–Trinajstić information content (AvgIpc) is 3.30. The average molecular weight is 412 g/mol. The molecule has 0 saturated carbocycles. The second-order valence-corrected chi connectivity index (χ2v) is 8.22. The Morgan fingerprint density at radius 3 is 2.47 bits per heavy atom. The minimum Gasteiger partial charge on any atom is -0.454 e. The van der Waals surface area contributed by atoms with E-state index in [9.17, 15) is 9.59 Å². The second-order valence-electron chi connectivity index (χ2n) is 8.22. The highest BCUT2D eigenvalue weighted by Gasteiger charge is 2.29. The molecule has 1 N–H and O–H groups in total. The number of nitrogens with zero attached hydrogens (tertiary/aromatic N) is 2. The molecule has 3 heterocycles. The van der Waals surface area contributed by atoms with Crippen molar-refractivity contribution in [2.75, 3.05) is 33.0 Å². The van der Waals surface area contributed by atoms with Gasteiger partial charge in [0.25, 0.3) is 0 Å². The third-order valence-electron chi connectivity index (χ3n) is 6.21. The predicted octanol–water partition coefficient (Wildman–Crippen LogP) is 2.95. The summed E-state index contributed by atoms with van der Waals surface area (Å²) in [6.45, 7) is 11.8. The van der Waals surface area contributed by atoms with Crippen LogP contribution in [0.2, 0.25) is 0 Å². The highest BCUT2D eigenvalue weighted by molar-refractivity contribution is 6.05. The van der Waals surface area contributed by atoms with Crippen LogP contribution in [0.25, 0.3) is 0 Å². The van der Waals surface area contributed by atoms with Crippen molar-refractivity contribution in [2.24, 2.45) is 0 Å². The van der Waals surface area contributed by atoms with Crippen molar-refractivity contribution in [2.45, 2.75) is 40.3 Å². The van der Waals surface area contributed by atoms with Gasteiger partial charge in [0.1, 0.15) is 0 Å². The zero-order valence-electron chi connectivity index (χ0n) is 18.1. The molecule has 7 nitrogen and oxygen atoms in total. The summed E-state index contributed by atoms with van der Waals surface area (Å²) in [5.74, 6) is 1.66. The first-order chi connectivity index (χ1) is 14.3. The van der Waals surface area contributed by atoms with Gasteiger partial charge in [0.2, 0.25) is 6.79 Å². The van der Waals surface area contributed by atoms with Crippen molar-refractivity contribution >= 4 is 11.6 Å². The van der Waals surface area contributed by atoms with Crippen LogP contribution >= 0.6 is 0 Å². The molecule has 0 aliphatic carbocycles. The summed E-state index contributed by atoms with van der Waals surface area (Å²) in [6, 6.07) is 5.86. The summed E-state index contributed by atoms with van der Waals surface area (Å²) in [4.78, 5) is 32.8. The fourth-order valence-corrected chi connectivity index (χ4v) is 4.51. The van der Waals surface area contributed by atoms with Gasteiger partial charge in [-0.25, -0.2) is 0 Å². The summed E-state index contributed by atoms with van der Waals surface area (Å²) in [5, 5.41) is 0. The number of H-pyrrole nitrogens is 1. The molecule has 7 heteroatoms. The SMILES string of the molecule is CC(=O)c1c(C)[nH]c(C(=O)[C@@H](C)N2CCN(Cc3ccc4c(c3)OCO4)CC2)c1C. The van der Waals surface area contributed by atoms with E-state index in [0.29, 0.717) is 11.3 Å². The molecule has 0 amide bonds. The van der Waals surface area contributed by atoms with Gasteiger partial charge >= 0.3 is 0 Å². The summed E-state index contributed by atoms with van der Waals surface area (Å²) < 4.78 is 10.8. The number of ether oxygens (including phenoxy) is 2.